The zero-order valence-electron chi connectivity index (χ0n) is 14.7. The second-order valence-corrected chi connectivity index (χ2v) is 6.94. The number of amides is 1. The lowest BCUT2D eigenvalue weighted by Crippen LogP contribution is -2.24. The van der Waals surface area contributed by atoms with E-state index in [-0.39, 0.29) is 11.7 Å². The second-order valence-electron chi connectivity index (χ2n) is 5.63. The zero-order valence-corrected chi connectivity index (χ0v) is 15.5. The van der Waals surface area contributed by atoms with E-state index >= 15 is 0 Å². The summed E-state index contributed by atoms with van der Waals surface area (Å²) in [4.78, 5) is 12.5. The molecule has 1 atom stereocenters. The highest BCUT2D eigenvalue weighted by Crippen LogP contribution is 2.27. The van der Waals surface area contributed by atoms with Crippen molar-refractivity contribution in [2.45, 2.75) is 17.3 Å². The third-order valence-electron chi connectivity index (χ3n) is 3.78. The van der Waals surface area contributed by atoms with Gasteiger partial charge in [-0.25, -0.2) is 9.07 Å². The first-order valence-corrected chi connectivity index (χ1v) is 8.94. The summed E-state index contributed by atoms with van der Waals surface area (Å²) < 4.78 is 19.6. The molecule has 1 amide bonds. The van der Waals surface area contributed by atoms with Crippen LogP contribution in [0.5, 0.6) is 5.75 Å². The van der Waals surface area contributed by atoms with Crippen LogP contribution in [0.25, 0.3) is 11.4 Å². The van der Waals surface area contributed by atoms with Gasteiger partial charge in [-0.3, -0.25) is 4.79 Å². The maximum absolute atomic E-state index is 13.1. The number of nitrogens with one attached hydrogen (secondary N) is 1. The van der Waals surface area contributed by atoms with Crippen LogP contribution in [0.15, 0.2) is 53.7 Å². The van der Waals surface area contributed by atoms with Crippen LogP contribution in [0.1, 0.15) is 6.92 Å². The van der Waals surface area contributed by atoms with Gasteiger partial charge >= 0.3 is 0 Å². The van der Waals surface area contributed by atoms with Crippen LogP contribution >= 0.6 is 11.8 Å². The molecule has 9 heteroatoms. The van der Waals surface area contributed by atoms with Crippen LogP contribution in [0.4, 0.5) is 10.1 Å². The molecule has 1 aromatic heterocycles. The highest BCUT2D eigenvalue weighted by atomic mass is 32.2. The van der Waals surface area contributed by atoms with Gasteiger partial charge in [0.2, 0.25) is 11.1 Å². The van der Waals surface area contributed by atoms with Crippen LogP contribution in [0.3, 0.4) is 0 Å². The van der Waals surface area contributed by atoms with Crippen molar-refractivity contribution in [1.82, 2.24) is 14.9 Å². The Balaban J connectivity index is 1.71. The highest BCUT2D eigenvalue weighted by Gasteiger charge is 2.21. The summed E-state index contributed by atoms with van der Waals surface area (Å²) in [6.07, 6.45) is 0. The minimum absolute atomic E-state index is 0.226. The van der Waals surface area contributed by atoms with Crippen molar-refractivity contribution in [1.29, 1.82) is 0 Å². The number of anilines is 1. The average molecular weight is 387 g/mol. The van der Waals surface area contributed by atoms with E-state index in [2.05, 4.69) is 15.5 Å². The molecule has 2 aromatic carbocycles. The monoisotopic (exact) mass is 387 g/mol. The number of carbonyl (C=O) groups excluding carboxylic acids is 1. The van der Waals surface area contributed by atoms with Crippen LogP contribution in [-0.2, 0) is 4.79 Å². The predicted octanol–water partition coefficient (Wildman–Crippen LogP) is 2.93. The standard InChI is InChI=1S/C18H18FN5O2S/c1-11(17(25)21-14-5-3-4-6-15(14)26-2)27-18-23-22-16(24(18)20)12-7-9-13(19)10-8-12/h3-11H,20H2,1-2H3,(H,21,25)/t11-/m1/s1. The smallest absolute Gasteiger partial charge is 0.237 e. The molecule has 0 aliphatic rings. The maximum atomic E-state index is 13.1. The van der Waals surface area contributed by atoms with E-state index in [1.54, 1.807) is 37.3 Å². The summed E-state index contributed by atoms with van der Waals surface area (Å²) in [5.74, 6) is 6.43. The molecule has 0 aliphatic carbocycles. The lowest BCUT2D eigenvalue weighted by atomic mass is 10.2. The summed E-state index contributed by atoms with van der Waals surface area (Å²) in [7, 11) is 1.54. The number of para-hydroxylation sites is 2. The number of halogens is 1. The molecule has 3 rings (SSSR count). The first kappa shape index (κ1) is 18.7. The van der Waals surface area contributed by atoms with Crippen LogP contribution in [0, 0.1) is 5.82 Å². The van der Waals surface area contributed by atoms with Crippen molar-refractivity contribution in [3.8, 4) is 17.1 Å². The van der Waals surface area contributed by atoms with Crippen molar-refractivity contribution in [3.05, 3.63) is 54.3 Å². The number of nitrogen functional groups attached to an aromatic ring is 1. The topological polar surface area (TPSA) is 95.1 Å². The fraction of sp³-hybridized carbons (Fsp3) is 0.167. The Kier molecular flexibility index (Phi) is 5.60. The molecule has 7 nitrogen and oxygen atoms in total. The molecule has 0 unspecified atom stereocenters. The van der Waals surface area contributed by atoms with E-state index in [4.69, 9.17) is 10.6 Å². The fourth-order valence-electron chi connectivity index (χ4n) is 2.35. The number of hydrogen-bond donors (Lipinski definition) is 2. The minimum atomic E-state index is -0.484. The summed E-state index contributed by atoms with van der Waals surface area (Å²) in [6, 6.07) is 12.9. The number of hydrogen-bond acceptors (Lipinski definition) is 6. The van der Waals surface area contributed by atoms with Gasteiger partial charge in [0.25, 0.3) is 0 Å². The van der Waals surface area contributed by atoms with Crippen molar-refractivity contribution < 1.29 is 13.9 Å². The van der Waals surface area contributed by atoms with E-state index in [0.29, 0.717) is 28.0 Å². The second kappa shape index (κ2) is 8.09. The van der Waals surface area contributed by atoms with Gasteiger partial charge in [-0.2, -0.15) is 0 Å². The molecule has 0 bridgehead atoms. The zero-order chi connectivity index (χ0) is 19.4. The Morgan fingerprint density at radius 2 is 1.93 bits per heavy atom. The molecule has 0 saturated heterocycles. The van der Waals surface area contributed by atoms with Gasteiger partial charge in [0.05, 0.1) is 18.0 Å². The molecule has 0 radical (unpaired) electrons. The Morgan fingerprint density at radius 1 is 1.22 bits per heavy atom. The van der Waals surface area contributed by atoms with Gasteiger partial charge in [0.1, 0.15) is 11.6 Å². The summed E-state index contributed by atoms with van der Waals surface area (Å²) in [5.41, 5.74) is 1.21. The number of nitrogens with zero attached hydrogens (tertiary/aromatic N) is 3. The summed E-state index contributed by atoms with van der Waals surface area (Å²) >= 11 is 1.17. The lowest BCUT2D eigenvalue weighted by Gasteiger charge is -2.13. The normalized spacial score (nSPS) is 11.8. The first-order valence-electron chi connectivity index (χ1n) is 8.06. The maximum Gasteiger partial charge on any atom is 0.237 e. The van der Waals surface area contributed by atoms with Gasteiger partial charge in [-0.05, 0) is 43.3 Å². The average Bonchev–Trinajstić information content (AvgIpc) is 3.03. The third kappa shape index (κ3) is 4.20. The van der Waals surface area contributed by atoms with Crippen molar-refractivity contribution in [3.63, 3.8) is 0 Å². The minimum Gasteiger partial charge on any atom is -0.495 e. The number of rotatable bonds is 6. The molecule has 0 spiro atoms. The Bertz CT molecular complexity index is 945. The molecular weight excluding hydrogens is 369 g/mol. The largest absolute Gasteiger partial charge is 0.495 e. The van der Waals surface area contributed by atoms with Crippen LogP contribution in [-0.4, -0.2) is 33.1 Å². The quantitative estimate of drug-likeness (QED) is 0.499. The molecule has 0 aliphatic heterocycles. The van der Waals surface area contributed by atoms with Crippen molar-refractivity contribution in [2.75, 3.05) is 18.3 Å². The van der Waals surface area contributed by atoms with Gasteiger partial charge < -0.3 is 15.9 Å². The van der Waals surface area contributed by atoms with Gasteiger partial charge in [-0.15, -0.1) is 10.2 Å². The Hall–Kier alpha value is -3.07. The van der Waals surface area contributed by atoms with E-state index in [0.717, 1.165) is 0 Å². The molecule has 1 heterocycles. The predicted molar refractivity (Wildman–Crippen MR) is 103 cm³/mol. The van der Waals surface area contributed by atoms with Gasteiger partial charge in [0.15, 0.2) is 5.82 Å². The highest BCUT2D eigenvalue weighted by molar-refractivity contribution is 8.00. The Labute approximate surface area is 159 Å². The molecular formula is C18H18FN5O2S. The van der Waals surface area contributed by atoms with E-state index in [1.165, 1.54) is 35.7 Å². The Morgan fingerprint density at radius 3 is 2.63 bits per heavy atom. The van der Waals surface area contributed by atoms with E-state index in [9.17, 15) is 9.18 Å². The summed E-state index contributed by atoms with van der Waals surface area (Å²) in [6.45, 7) is 1.74. The number of thioether (sulfide) groups is 1. The van der Waals surface area contributed by atoms with Crippen LogP contribution < -0.4 is 15.9 Å². The molecule has 3 N–H and O–H groups in total. The van der Waals surface area contributed by atoms with Gasteiger partial charge in [-0.1, -0.05) is 23.9 Å². The first-order chi connectivity index (χ1) is 13.0. The van der Waals surface area contributed by atoms with Crippen molar-refractivity contribution >= 4 is 23.4 Å². The molecule has 0 saturated carbocycles. The van der Waals surface area contributed by atoms with E-state index < -0.39 is 5.25 Å². The number of aromatic nitrogens is 3. The molecule has 27 heavy (non-hydrogen) atoms. The SMILES string of the molecule is COc1ccccc1NC(=O)[C@@H](C)Sc1nnc(-c2ccc(F)cc2)n1N. The number of benzene rings is 2. The number of ether oxygens (including phenoxy) is 1. The number of methoxy groups -OCH3 is 1. The molecule has 140 valence electrons. The summed E-state index contributed by atoms with van der Waals surface area (Å²) in [5, 5.41) is 10.8. The third-order valence-corrected chi connectivity index (χ3v) is 4.84. The molecule has 0 fully saturated rings. The van der Waals surface area contributed by atoms with Crippen molar-refractivity contribution in [2.24, 2.45) is 0 Å². The number of carbonyl (C=O) groups is 1. The fourth-order valence-corrected chi connectivity index (χ4v) is 3.12. The molecule has 3 aromatic rings. The van der Waals surface area contributed by atoms with Gasteiger partial charge in [0, 0.05) is 5.56 Å². The van der Waals surface area contributed by atoms with Crippen LogP contribution in [0.2, 0.25) is 0 Å². The lowest BCUT2D eigenvalue weighted by molar-refractivity contribution is -0.115. The van der Waals surface area contributed by atoms with E-state index in [1.807, 2.05) is 6.07 Å². The number of nitrogens with two attached hydrogens (primary N) is 1.